The van der Waals surface area contributed by atoms with Gasteiger partial charge in [-0.05, 0) is 31.2 Å². The number of hydrogen-bond acceptors (Lipinski definition) is 8. The Morgan fingerprint density at radius 3 is 2.62 bits per heavy atom. The maximum atomic E-state index is 13.0. The molecule has 0 N–H and O–H groups in total. The maximum absolute atomic E-state index is 13.0. The molecule has 0 atom stereocenters. The average molecular weight is 490 g/mol. The van der Waals surface area contributed by atoms with E-state index in [0.29, 0.717) is 63.1 Å². The lowest BCUT2D eigenvalue weighted by molar-refractivity contribution is 0.0592. The molecule has 1 amide bonds. The summed E-state index contributed by atoms with van der Waals surface area (Å²) in [4.78, 5) is 42.9. The van der Waals surface area contributed by atoms with Gasteiger partial charge in [0.1, 0.15) is 17.9 Å². The number of hydrogen-bond donors (Lipinski definition) is 0. The van der Waals surface area contributed by atoms with E-state index >= 15 is 0 Å². The fraction of sp³-hybridized carbons (Fsp3) is 0.542. The largest absolute Gasteiger partial charge is 0.487 e. The van der Waals surface area contributed by atoms with Gasteiger partial charge in [0.05, 0.1) is 13.7 Å². The number of pyridine rings is 1. The van der Waals surface area contributed by atoms with Gasteiger partial charge in [-0.1, -0.05) is 6.07 Å². The number of carbonyl (C=O) groups is 2. The molecule has 2 aromatic rings. The van der Waals surface area contributed by atoms with Crippen molar-refractivity contribution in [3.63, 3.8) is 0 Å². The lowest BCUT2D eigenvalue weighted by Gasteiger charge is -2.37. The van der Waals surface area contributed by atoms with Crippen LogP contribution in [0.1, 0.15) is 40.7 Å². The number of thiophene rings is 1. The molecule has 184 valence electrons. The molecule has 4 heterocycles. The van der Waals surface area contributed by atoms with Gasteiger partial charge in [0.2, 0.25) is 0 Å². The third-order valence-electron chi connectivity index (χ3n) is 6.47. The normalized spacial score (nSPS) is 17.1. The number of likely N-dealkylation sites (tertiary alicyclic amines) is 1. The van der Waals surface area contributed by atoms with Crippen molar-refractivity contribution < 1.29 is 23.8 Å². The third kappa shape index (κ3) is 5.28. The molecular weight excluding hydrogens is 458 g/mol. The Balaban J connectivity index is 1.50. The number of esters is 1. The van der Waals surface area contributed by atoms with Crippen LogP contribution in [0.25, 0.3) is 0 Å². The summed E-state index contributed by atoms with van der Waals surface area (Å²) in [6.07, 6.45) is 1.98. The molecule has 2 aromatic heterocycles. The molecule has 0 saturated carbocycles. The first-order valence-corrected chi connectivity index (χ1v) is 12.6. The molecule has 0 spiro atoms. The second kappa shape index (κ2) is 11.1. The molecule has 0 aromatic carbocycles. The minimum absolute atomic E-state index is 0.178. The first kappa shape index (κ1) is 24.3. The van der Waals surface area contributed by atoms with Gasteiger partial charge < -0.3 is 23.7 Å². The van der Waals surface area contributed by atoms with E-state index in [1.807, 2.05) is 24.4 Å². The van der Waals surface area contributed by atoms with Gasteiger partial charge in [0.15, 0.2) is 0 Å². The van der Waals surface area contributed by atoms with Crippen LogP contribution in [-0.2, 0) is 29.0 Å². The van der Waals surface area contributed by atoms with Crippen LogP contribution < -0.4 is 10.3 Å². The quantitative estimate of drug-likeness (QED) is 0.577. The zero-order valence-corrected chi connectivity index (χ0v) is 20.5. The van der Waals surface area contributed by atoms with Crippen molar-refractivity contribution >= 4 is 23.4 Å². The standard InChI is InChI=1S/C24H31N3O6S/c1-3-32-24(30)26-9-6-17(7-10-26)25-11-8-19-22(23(29)31-2)20(15-21(28)27(19)13-12-25)33-16-18-5-4-14-34-18/h4-5,14-15,17H,3,6-13,16H2,1-2H3. The van der Waals surface area contributed by atoms with E-state index in [-0.39, 0.29) is 24.0 Å². The van der Waals surface area contributed by atoms with Crippen LogP contribution in [0.3, 0.4) is 0 Å². The highest BCUT2D eigenvalue weighted by Gasteiger charge is 2.31. The molecule has 2 aliphatic rings. The van der Waals surface area contributed by atoms with Crippen LogP contribution >= 0.6 is 11.3 Å². The monoisotopic (exact) mass is 489 g/mol. The summed E-state index contributed by atoms with van der Waals surface area (Å²) < 4.78 is 17.8. The number of ether oxygens (including phenoxy) is 3. The fourth-order valence-corrected chi connectivity index (χ4v) is 5.35. The Bertz CT molecular complexity index is 1060. The van der Waals surface area contributed by atoms with Crippen LogP contribution in [0.5, 0.6) is 5.75 Å². The predicted octanol–water partition coefficient (Wildman–Crippen LogP) is 2.75. The molecular formula is C24H31N3O6S. The minimum Gasteiger partial charge on any atom is -0.487 e. The summed E-state index contributed by atoms with van der Waals surface area (Å²) in [5.41, 5.74) is 0.812. The summed E-state index contributed by atoms with van der Waals surface area (Å²) in [7, 11) is 1.34. The van der Waals surface area contributed by atoms with Crippen molar-refractivity contribution in [2.75, 3.05) is 39.9 Å². The van der Waals surface area contributed by atoms with Crippen LogP contribution in [0.4, 0.5) is 4.79 Å². The van der Waals surface area contributed by atoms with Gasteiger partial charge >= 0.3 is 12.1 Å². The molecule has 34 heavy (non-hydrogen) atoms. The van der Waals surface area contributed by atoms with E-state index in [4.69, 9.17) is 14.2 Å². The van der Waals surface area contributed by atoms with E-state index in [9.17, 15) is 14.4 Å². The van der Waals surface area contributed by atoms with Crippen LogP contribution in [-0.4, -0.2) is 72.4 Å². The lowest BCUT2D eigenvalue weighted by Crippen LogP contribution is -2.47. The molecule has 0 aliphatic carbocycles. The first-order chi connectivity index (χ1) is 16.5. The van der Waals surface area contributed by atoms with E-state index < -0.39 is 5.97 Å². The highest BCUT2D eigenvalue weighted by molar-refractivity contribution is 7.09. The topological polar surface area (TPSA) is 90.3 Å². The van der Waals surface area contributed by atoms with Gasteiger partial charge in [-0.2, -0.15) is 0 Å². The van der Waals surface area contributed by atoms with Crippen LogP contribution in [0.15, 0.2) is 28.4 Å². The number of fused-ring (bicyclic) bond motifs is 1. The molecule has 10 heteroatoms. The van der Waals surface area contributed by atoms with Gasteiger partial charge in [0, 0.05) is 61.8 Å². The van der Waals surface area contributed by atoms with Gasteiger partial charge in [-0.15, -0.1) is 11.3 Å². The number of aromatic nitrogens is 1. The van der Waals surface area contributed by atoms with Crippen molar-refractivity contribution in [1.29, 1.82) is 0 Å². The second-order valence-corrected chi connectivity index (χ2v) is 9.42. The van der Waals surface area contributed by atoms with Gasteiger partial charge in [-0.25, -0.2) is 9.59 Å². The highest BCUT2D eigenvalue weighted by atomic mass is 32.1. The highest BCUT2D eigenvalue weighted by Crippen LogP contribution is 2.27. The molecule has 1 saturated heterocycles. The molecule has 9 nitrogen and oxygen atoms in total. The van der Waals surface area contributed by atoms with Gasteiger partial charge in [-0.3, -0.25) is 9.69 Å². The summed E-state index contributed by atoms with van der Waals surface area (Å²) in [6.45, 7) is 5.68. The van der Waals surface area contributed by atoms with Crippen LogP contribution in [0, 0.1) is 0 Å². The Hall–Kier alpha value is -2.85. The molecule has 1 fully saturated rings. The van der Waals surface area contributed by atoms with E-state index in [0.717, 1.165) is 17.7 Å². The predicted molar refractivity (Wildman–Crippen MR) is 128 cm³/mol. The number of methoxy groups -OCH3 is 1. The zero-order valence-electron chi connectivity index (χ0n) is 19.7. The smallest absolute Gasteiger partial charge is 0.409 e. The van der Waals surface area contributed by atoms with E-state index in [1.165, 1.54) is 13.2 Å². The minimum atomic E-state index is -0.499. The second-order valence-electron chi connectivity index (χ2n) is 8.38. The zero-order chi connectivity index (χ0) is 24.1. The Kier molecular flexibility index (Phi) is 7.89. The van der Waals surface area contributed by atoms with Crippen molar-refractivity contribution in [2.24, 2.45) is 0 Å². The van der Waals surface area contributed by atoms with Gasteiger partial charge in [0.25, 0.3) is 5.56 Å². The molecule has 0 radical (unpaired) electrons. The summed E-state index contributed by atoms with van der Waals surface area (Å²) >= 11 is 1.56. The lowest BCUT2D eigenvalue weighted by atomic mass is 10.0. The number of amides is 1. The number of nitrogens with zero attached hydrogens (tertiary/aromatic N) is 3. The van der Waals surface area contributed by atoms with Crippen LogP contribution in [0.2, 0.25) is 0 Å². The van der Waals surface area contributed by atoms with Crippen molar-refractivity contribution in [3.05, 3.63) is 50.1 Å². The average Bonchev–Trinajstić information content (AvgIpc) is 3.27. The van der Waals surface area contributed by atoms with Crippen molar-refractivity contribution in [1.82, 2.24) is 14.4 Å². The Labute approximate surface area is 202 Å². The van der Waals surface area contributed by atoms with E-state index in [1.54, 1.807) is 20.8 Å². The summed E-state index contributed by atoms with van der Waals surface area (Å²) in [5.74, 6) is -0.228. The maximum Gasteiger partial charge on any atom is 0.409 e. The van der Waals surface area contributed by atoms with Crippen molar-refractivity contribution in [3.8, 4) is 5.75 Å². The number of carbonyl (C=O) groups excluding carboxylic acids is 2. The SMILES string of the molecule is CCOC(=O)N1CCC(N2CCc3c(C(=O)OC)c(OCc4cccs4)cc(=O)n3CC2)CC1. The molecule has 0 unspecified atom stereocenters. The molecule has 4 rings (SSSR count). The Morgan fingerprint density at radius 1 is 1.15 bits per heavy atom. The number of rotatable bonds is 6. The summed E-state index contributed by atoms with van der Waals surface area (Å²) in [5, 5.41) is 1.96. The Morgan fingerprint density at radius 2 is 1.94 bits per heavy atom. The molecule has 2 aliphatic heterocycles. The third-order valence-corrected chi connectivity index (χ3v) is 7.32. The summed E-state index contributed by atoms with van der Waals surface area (Å²) in [6, 6.07) is 5.59. The van der Waals surface area contributed by atoms with Crippen molar-refractivity contribution in [2.45, 2.75) is 45.4 Å². The molecule has 0 bridgehead atoms. The van der Waals surface area contributed by atoms with E-state index in [2.05, 4.69) is 4.90 Å². The fourth-order valence-electron chi connectivity index (χ4n) is 4.74. The first-order valence-electron chi connectivity index (χ1n) is 11.7. The number of piperidine rings is 1.